The van der Waals surface area contributed by atoms with Crippen LogP contribution in [0.15, 0.2) is 36.5 Å². The minimum Gasteiger partial charge on any atom is -0.480 e. The summed E-state index contributed by atoms with van der Waals surface area (Å²) in [4.78, 5) is 33.7. The van der Waals surface area contributed by atoms with Crippen LogP contribution in [0.4, 0.5) is 11.5 Å². The lowest BCUT2D eigenvalue weighted by atomic mass is 10.2. The van der Waals surface area contributed by atoms with Gasteiger partial charge in [0.2, 0.25) is 17.7 Å². The van der Waals surface area contributed by atoms with Gasteiger partial charge in [-0.25, -0.2) is 14.5 Å². The van der Waals surface area contributed by atoms with Crippen LogP contribution in [0.1, 0.15) is 33.1 Å². The maximum atomic E-state index is 12.8. The van der Waals surface area contributed by atoms with Crippen LogP contribution in [0.25, 0.3) is 5.65 Å². The van der Waals surface area contributed by atoms with Crippen molar-refractivity contribution in [2.24, 2.45) is 5.92 Å². The van der Waals surface area contributed by atoms with Crippen molar-refractivity contribution in [2.75, 3.05) is 17.7 Å². The summed E-state index contributed by atoms with van der Waals surface area (Å²) < 4.78 is 12.7. The largest absolute Gasteiger partial charge is 0.480 e. The van der Waals surface area contributed by atoms with Crippen LogP contribution >= 0.6 is 11.3 Å². The summed E-state index contributed by atoms with van der Waals surface area (Å²) in [6, 6.07) is 8.82. The summed E-state index contributed by atoms with van der Waals surface area (Å²) in [7, 11) is 1.49. The highest BCUT2D eigenvalue weighted by Gasteiger charge is 2.30. The molecular formula is C23H22N6O4S. The quantitative estimate of drug-likeness (QED) is 0.408. The molecule has 3 aromatic heterocycles. The molecule has 0 atom stereocenters. The van der Waals surface area contributed by atoms with Gasteiger partial charge in [0.25, 0.3) is 5.91 Å². The van der Waals surface area contributed by atoms with E-state index in [0.717, 1.165) is 23.4 Å². The van der Waals surface area contributed by atoms with Crippen LogP contribution in [0.3, 0.4) is 0 Å². The monoisotopic (exact) mass is 478 g/mol. The summed E-state index contributed by atoms with van der Waals surface area (Å²) >= 11 is 1.27. The smallest absolute Gasteiger partial charge is 0.271 e. The Bertz CT molecular complexity index is 1410. The lowest BCUT2D eigenvalue weighted by molar-refractivity contribution is -0.117. The van der Waals surface area contributed by atoms with Gasteiger partial charge in [0, 0.05) is 23.7 Å². The molecule has 0 radical (unpaired) electrons. The fourth-order valence-electron chi connectivity index (χ4n) is 3.34. The van der Waals surface area contributed by atoms with Crippen LogP contribution in [-0.2, 0) is 4.79 Å². The van der Waals surface area contributed by atoms with Gasteiger partial charge in [0.15, 0.2) is 16.3 Å². The molecule has 11 heteroatoms. The molecule has 3 heterocycles. The molecule has 5 rings (SSSR count). The Balaban J connectivity index is 1.32. The van der Waals surface area contributed by atoms with Gasteiger partial charge >= 0.3 is 0 Å². The second-order valence-corrected chi connectivity index (χ2v) is 9.17. The Morgan fingerprint density at radius 1 is 1.12 bits per heavy atom. The van der Waals surface area contributed by atoms with E-state index >= 15 is 0 Å². The molecule has 2 N–H and O–H groups in total. The molecule has 2 amide bonds. The molecule has 1 aliphatic carbocycles. The Kier molecular flexibility index (Phi) is 5.62. The van der Waals surface area contributed by atoms with Gasteiger partial charge in [-0.2, -0.15) is 0 Å². The average molecular weight is 479 g/mol. The standard InChI is InChI=1S/C23H22N6O4S/c1-12-4-7-15(10-16(12)25-22(31)20-23(32-3)24-13(2)34-20)33-19-9-8-18-26-17(11-29(18)28-19)27-21(30)14-5-6-14/h4,7-11,14H,5-6H2,1-3H3,(H,25,31)(H,27,30). The van der Waals surface area contributed by atoms with Crippen molar-refractivity contribution in [3.63, 3.8) is 0 Å². The first-order valence-corrected chi connectivity index (χ1v) is 11.5. The number of nitrogens with zero attached hydrogens (tertiary/aromatic N) is 4. The number of carbonyl (C=O) groups is 2. The highest BCUT2D eigenvalue weighted by Crippen LogP contribution is 2.31. The number of aromatic nitrogens is 4. The van der Waals surface area contributed by atoms with Crippen molar-refractivity contribution >= 4 is 40.3 Å². The van der Waals surface area contributed by atoms with Gasteiger partial charge in [-0.15, -0.1) is 16.4 Å². The van der Waals surface area contributed by atoms with E-state index in [2.05, 4.69) is 25.7 Å². The lowest BCUT2D eigenvalue weighted by Gasteiger charge is -2.11. The number of benzene rings is 1. The molecule has 1 saturated carbocycles. The van der Waals surface area contributed by atoms with Gasteiger partial charge in [-0.1, -0.05) is 6.07 Å². The van der Waals surface area contributed by atoms with E-state index < -0.39 is 0 Å². The Morgan fingerprint density at radius 3 is 2.71 bits per heavy atom. The predicted molar refractivity (Wildman–Crippen MR) is 127 cm³/mol. The Morgan fingerprint density at radius 2 is 1.94 bits per heavy atom. The maximum absolute atomic E-state index is 12.8. The molecule has 34 heavy (non-hydrogen) atoms. The van der Waals surface area contributed by atoms with Crippen molar-refractivity contribution < 1.29 is 19.1 Å². The molecular weight excluding hydrogens is 456 g/mol. The normalized spacial score (nSPS) is 13.0. The molecule has 174 valence electrons. The van der Waals surface area contributed by atoms with Crippen molar-refractivity contribution in [3.8, 4) is 17.5 Å². The molecule has 1 aliphatic rings. The first kappa shape index (κ1) is 21.8. The van der Waals surface area contributed by atoms with Crippen LogP contribution in [0, 0.1) is 19.8 Å². The zero-order valence-electron chi connectivity index (χ0n) is 18.8. The van der Waals surface area contributed by atoms with Crippen LogP contribution < -0.4 is 20.1 Å². The number of nitrogens with one attached hydrogen (secondary N) is 2. The summed E-state index contributed by atoms with van der Waals surface area (Å²) in [5.41, 5.74) is 2.06. The summed E-state index contributed by atoms with van der Waals surface area (Å²) in [5, 5.41) is 10.9. The lowest BCUT2D eigenvalue weighted by Crippen LogP contribution is -2.13. The Labute approximate surface area is 198 Å². The third-order valence-corrected chi connectivity index (χ3v) is 6.23. The number of methoxy groups -OCH3 is 1. The van der Waals surface area contributed by atoms with Gasteiger partial charge < -0.3 is 20.1 Å². The molecule has 4 aromatic rings. The number of ether oxygens (including phenoxy) is 2. The van der Waals surface area contributed by atoms with Crippen molar-refractivity contribution in [3.05, 3.63) is 52.0 Å². The van der Waals surface area contributed by atoms with Gasteiger partial charge in [-0.05, 0) is 44.4 Å². The van der Waals surface area contributed by atoms with E-state index in [9.17, 15) is 9.59 Å². The number of amides is 2. The molecule has 0 spiro atoms. The number of fused-ring (bicyclic) bond motifs is 1. The molecule has 10 nitrogen and oxygen atoms in total. The van der Waals surface area contributed by atoms with E-state index in [1.165, 1.54) is 18.4 Å². The molecule has 0 unspecified atom stereocenters. The number of anilines is 2. The van der Waals surface area contributed by atoms with Crippen molar-refractivity contribution in [2.45, 2.75) is 26.7 Å². The fourth-order valence-corrected chi connectivity index (χ4v) is 4.13. The van der Waals surface area contributed by atoms with E-state index in [4.69, 9.17) is 9.47 Å². The first-order chi connectivity index (χ1) is 16.4. The number of rotatable bonds is 7. The SMILES string of the molecule is COc1nc(C)sc1C(=O)Nc1cc(Oc2ccc3nc(NC(=O)C4CC4)cn3n2)ccc1C. The first-order valence-electron chi connectivity index (χ1n) is 10.7. The van der Waals surface area contributed by atoms with Gasteiger partial charge in [0.1, 0.15) is 5.75 Å². The molecule has 0 bridgehead atoms. The maximum Gasteiger partial charge on any atom is 0.271 e. The number of imidazole rings is 1. The second-order valence-electron chi connectivity index (χ2n) is 7.97. The summed E-state index contributed by atoms with van der Waals surface area (Å²) in [6.07, 6.45) is 3.49. The minimum absolute atomic E-state index is 0.0137. The fraction of sp³-hybridized carbons (Fsp3) is 0.261. The molecule has 1 aromatic carbocycles. The highest BCUT2D eigenvalue weighted by molar-refractivity contribution is 7.14. The number of carbonyl (C=O) groups excluding carboxylic acids is 2. The average Bonchev–Trinajstić information content (AvgIpc) is 3.48. The number of hydrogen-bond acceptors (Lipinski definition) is 8. The molecule has 0 aliphatic heterocycles. The summed E-state index contributed by atoms with van der Waals surface area (Å²) in [5.74, 6) is 1.37. The van der Waals surface area contributed by atoms with Gasteiger partial charge in [0.05, 0.1) is 18.3 Å². The van der Waals surface area contributed by atoms with Crippen LogP contribution in [0.2, 0.25) is 0 Å². The zero-order chi connectivity index (χ0) is 23.8. The van der Waals surface area contributed by atoms with Crippen LogP contribution in [-0.4, -0.2) is 38.5 Å². The van der Waals surface area contributed by atoms with E-state index in [1.54, 1.807) is 35.0 Å². The van der Waals surface area contributed by atoms with Crippen molar-refractivity contribution in [1.29, 1.82) is 0 Å². The van der Waals surface area contributed by atoms with Crippen molar-refractivity contribution in [1.82, 2.24) is 19.6 Å². The minimum atomic E-state index is -0.304. The highest BCUT2D eigenvalue weighted by atomic mass is 32.1. The predicted octanol–water partition coefficient (Wildman–Crippen LogP) is 4.20. The van der Waals surface area contributed by atoms with Gasteiger partial charge in [-0.3, -0.25) is 9.59 Å². The third kappa shape index (κ3) is 4.55. The zero-order valence-corrected chi connectivity index (χ0v) is 19.6. The van der Waals surface area contributed by atoms with E-state index in [-0.39, 0.29) is 17.7 Å². The van der Waals surface area contributed by atoms with Crippen LogP contribution in [0.5, 0.6) is 17.5 Å². The molecule has 1 fully saturated rings. The Hall–Kier alpha value is -3.99. The van der Waals surface area contributed by atoms with E-state index in [1.807, 2.05) is 19.9 Å². The molecule has 0 saturated heterocycles. The third-order valence-electron chi connectivity index (χ3n) is 5.28. The topological polar surface area (TPSA) is 120 Å². The number of thiazole rings is 1. The van der Waals surface area contributed by atoms with E-state index in [0.29, 0.717) is 39.5 Å². The second kappa shape index (κ2) is 8.75. The number of aryl methyl sites for hydroxylation is 2. The number of hydrogen-bond donors (Lipinski definition) is 2. The summed E-state index contributed by atoms with van der Waals surface area (Å²) in [6.45, 7) is 3.71.